The topological polar surface area (TPSA) is 68.8 Å². The summed E-state index contributed by atoms with van der Waals surface area (Å²) in [5.41, 5.74) is 0.888. The molecule has 7 heteroatoms. The minimum absolute atomic E-state index is 0.0615. The Labute approximate surface area is 137 Å². The van der Waals surface area contributed by atoms with Crippen LogP contribution in [0.4, 0.5) is 0 Å². The molecule has 2 heterocycles. The molecular formula is C16H25N5O2. The summed E-state index contributed by atoms with van der Waals surface area (Å²) in [4.78, 5) is 34.7. The van der Waals surface area contributed by atoms with Gasteiger partial charge in [0.1, 0.15) is 0 Å². The van der Waals surface area contributed by atoms with Gasteiger partial charge in [-0.25, -0.2) is 0 Å². The lowest BCUT2D eigenvalue weighted by Gasteiger charge is -2.32. The third-order valence-corrected chi connectivity index (χ3v) is 3.88. The van der Waals surface area contributed by atoms with E-state index < -0.39 is 0 Å². The minimum atomic E-state index is -0.202. The van der Waals surface area contributed by atoms with Crippen LogP contribution >= 0.6 is 0 Å². The Morgan fingerprint density at radius 3 is 2.48 bits per heavy atom. The van der Waals surface area contributed by atoms with E-state index in [1.54, 1.807) is 6.07 Å². The molecule has 1 aromatic heterocycles. The molecule has 1 saturated heterocycles. The van der Waals surface area contributed by atoms with Gasteiger partial charge in [0.25, 0.3) is 11.8 Å². The predicted molar refractivity (Wildman–Crippen MR) is 88.5 cm³/mol. The number of carbonyl (C=O) groups is 2. The highest BCUT2D eigenvalue weighted by atomic mass is 16.2. The third-order valence-electron chi connectivity index (χ3n) is 3.88. The SMILES string of the molecule is CN(C)CCNC(=O)c1cncc(C(=O)N2CCN(C)CC2)c1. The standard InChI is InChI=1S/C16H25N5O2/c1-19(2)5-4-18-15(22)13-10-14(12-17-11-13)16(23)21-8-6-20(3)7-9-21/h10-12H,4-9H2,1-3H3,(H,18,22). The molecule has 0 atom stereocenters. The fraction of sp³-hybridized carbons (Fsp3) is 0.562. The first-order valence-electron chi connectivity index (χ1n) is 7.83. The van der Waals surface area contributed by atoms with Gasteiger partial charge in [-0.05, 0) is 27.2 Å². The number of likely N-dealkylation sites (N-methyl/N-ethyl adjacent to an activating group) is 2. The van der Waals surface area contributed by atoms with Crippen molar-refractivity contribution >= 4 is 11.8 Å². The van der Waals surface area contributed by atoms with Crippen LogP contribution in [0.2, 0.25) is 0 Å². The van der Waals surface area contributed by atoms with Crippen molar-refractivity contribution in [1.29, 1.82) is 0 Å². The van der Waals surface area contributed by atoms with E-state index in [-0.39, 0.29) is 11.8 Å². The molecule has 0 spiro atoms. The molecule has 126 valence electrons. The average molecular weight is 319 g/mol. The molecule has 23 heavy (non-hydrogen) atoms. The minimum Gasteiger partial charge on any atom is -0.351 e. The molecule has 2 rings (SSSR count). The van der Waals surface area contributed by atoms with Crippen molar-refractivity contribution in [3.05, 3.63) is 29.6 Å². The van der Waals surface area contributed by atoms with Crippen molar-refractivity contribution in [2.45, 2.75) is 0 Å². The van der Waals surface area contributed by atoms with E-state index in [4.69, 9.17) is 0 Å². The quantitative estimate of drug-likeness (QED) is 0.811. The molecule has 2 amide bonds. The third kappa shape index (κ3) is 5.01. The average Bonchev–Trinajstić information content (AvgIpc) is 2.54. The first-order valence-corrected chi connectivity index (χ1v) is 7.83. The maximum Gasteiger partial charge on any atom is 0.255 e. The monoisotopic (exact) mass is 319 g/mol. The molecule has 0 bridgehead atoms. The van der Waals surface area contributed by atoms with Crippen molar-refractivity contribution in [3.8, 4) is 0 Å². The number of aromatic nitrogens is 1. The molecule has 1 aliphatic heterocycles. The Balaban J connectivity index is 1.98. The van der Waals surface area contributed by atoms with E-state index in [9.17, 15) is 9.59 Å². The van der Waals surface area contributed by atoms with Crippen molar-refractivity contribution in [2.75, 3.05) is 60.4 Å². The fourth-order valence-corrected chi connectivity index (χ4v) is 2.37. The van der Waals surface area contributed by atoms with E-state index in [0.717, 1.165) is 19.6 Å². The van der Waals surface area contributed by atoms with Gasteiger partial charge >= 0.3 is 0 Å². The van der Waals surface area contributed by atoms with Gasteiger partial charge in [0.15, 0.2) is 0 Å². The summed E-state index contributed by atoms with van der Waals surface area (Å²) < 4.78 is 0. The number of rotatable bonds is 5. The highest BCUT2D eigenvalue weighted by molar-refractivity contribution is 5.99. The van der Waals surface area contributed by atoms with Crippen LogP contribution in [0.3, 0.4) is 0 Å². The van der Waals surface area contributed by atoms with Gasteiger partial charge in [-0.3, -0.25) is 14.6 Å². The predicted octanol–water partition coefficient (Wildman–Crippen LogP) is -0.239. The number of carbonyl (C=O) groups excluding carboxylic acids is 2. The molecule has 1 aromatic rings. The van der Waals surface area contributed by atoms with Gasteiger partial charge in [0.05, 0.1) is 11.1 Å². The molecule has 0 saturated carbocycles. The Bertz CT molecular complexity index is 553. The second-order valence-electron chi connectivity index (χ2n) is 6.12. The lowest BCUT2D eigenvalue weighted by atomic mass is 10.1. The highest BCUT2D eigenvalue weighted by Gasteiger charge is 2.21. The Morgan fingerprint density at radius 2 is 1.83 bits per heavy atom. The zero-order valence-electron chi connectivity index (χ0n) is 14.1. The van der Waals surface area contributed by atoms with Crippen LogP contribution in [-0.4, -0.2) is 91.9 Å². The molecule has 0 unspecified atom stereocenters. The zero-order valence-corrected chi connectivity index (χ0v) is 14.1. The van der Waals surface area contributed by atoms with Crippen LogP contribution < -0.4 is 5.32 Å². The van der Waals surface area contributed by atoms with E-state index in [1.165, 1.54) is 12.4 Å². The summed E-state index contributed by atoms with van der Waals surface area (Å²) in [5.74, 6) is -0.263. The molecular weight excluding hydrogens is 294 g/mol. The zero-order chi connectivity index (χ0) is 16.8. The molecule has 1 N–H and O–H groups in total. The van der Waals surface area contributed by atoms with Crippen molar-refractivity contribution in [1.82, 2.24) is 25.0 Å². The maximum absolute atomic E-state index is 12.5. The number of pyridine rings is 1. The normalized spacial score (nSPS) is 15.7. The Hall–Kier alpha value is -1.99. The number of nitrogens with one attached hydrogen (secondary N) is 1. The van der Waals surface area contributed by atoms with Crippen LogP contribution in [-0.2, 0) is 0 Å². The smallest absolute Gasteiger partial charge is 0.255 e. The van der Waals surface area contributed by atoms with Crippen molar-refractivity contribution in [2.24, 2.45) is 0 Å². The number of hydrogen-bond acceptors (Lipinski definition) is 5. The summed E-state index contributed by atoms with van der Waals surface area (Å²) in [6.07, 6.45) is 3.02. The second-order valence-corrected chi connectivity index (χ2v) is 6.12. The molecule has 7 nitrogen and oxygen atoms in total. The lowest BCUT2D eigenvalue weighted by molar-refractivity contribution is 0.0663. The van der Waals surface area contributed by atoms with Gasteiger partial charge < -0.3 is 20.0 Å². The number of piperazine rings is 1. The van der Waals surface area contributed by atoms with Crippen LogP contribution in [0.15, 0.2) is 18.5 Å². The molecule has 1 aliphatic rings. The van der Waals surface area contributed by atoms with E-state index in [1.807, 2.05) is 30.9 Å². The van der Waals surface area contributed by atoms with E-state index >= 15 is 0 Å². The largest absolute Gasteiger partial charge is 0.351 e. The molecule has 0 aliphatic carbocycles. The summed E-state index contributed by atoms with van der Waals surface area (Å²) in [6, 6.07) is 1.62. The van der Waals surface area contributed by atoms with Gasteiger partial charge in [0.2, 0.25) is 0 Å². The Morgan fingerprint density at radius 1 is 1.17 bits per heavy atom. The van der Waals surface area contributed by atoms with Crippen LogP contribution in [0.1, 0.15) is 20.7 Å². The number of nitrogens with zero attached hydrogens (tertiary/aromatic N) is 4. The highest BCUT2D eigenvalue weighted by Crippen LogP contribution is 2.09. The van der Waals surface area contributed by atoms with Gasteiger partial charge in [0, 0.05) is 51.7 Å². The fourth-order valence-electron chi connectivity index (χ4n) is 2.37. The summed E-state index contributed by atoms with van der Waals surface area (Å²) in [5, 5.41) is 2.83. The van der Waals surface area contributed by atoms with E-state index in [2.05, 4.69) is 15.2 Å². The van der Waals surface area contributed by atoms with Crippen LogP contribution in [0.5, 0.6) is 0 Å². The summed E-state index contributed by atoms with van der Waals surface area (Å²) in [6.45, 7) is 4.46. The maximum atomic E-state index is 12.5. The first kappa shape index (κ1) is 17.4. The number of hydrogen-bond donors (Lipinski definition) is 1. The summed E-state index contributed by atoms with van der Waals surface area (Å²) in [7, 11) is 5.94. The molecule has 0 radical (unpaired) electrons. The van der Waals surface area contributed by atoms with Gasteiger partial charge in [-0.2, -0.15) is 0 Å². The summed E-state index contributed by atoms with van der Waals surface area (Å²) >= 11 is 0. The van der Waals surface area contributed by atoms with Crippen LogP contribution in [0, 0.1) is 0 Å². The van der Waals surface area contributed by atoms with Gasteiger partial charge in [-0.1, -0.05) is 0 Å². The molecule has 0 aromatic carbocycles. The second kappa shape index (κ2) is 8.03. The molecule has 1 fully saturated rings. The van der Waals surface area contributed by atoms with Crippen molar-refractivity contribution < 1.29 is 9.59 Å². The number of amides is 2. The first-order chi connectivity index (χ1) is 11.0. The van der Waals surface area contributed by atoms with Crippen LogP contribution in [0.25, 0.3) is 0 Å². The van der Waals surface area contributed by atoms with E-state index in [0.29, 0.717) is 30.8 Å². The Kier molecular flexibility index (Phi) is 6.06. The van der Waals surface area contributed by atoms with Crippen molar-refractivity contribution in [3.63, 3.8) is 0 Å². The lowest BCUT2D eigenvalue weighted by Crippen LogP contribution is -2.47. The van der Waals surface area contributed by atoms with Gasteiger partial charge in [-0.15, -0.1) is 0 Å².